The summed E-state index contributed by atoms with van der Waals surface area (Å²) in [5.41, 5.74) is 2.27. The number of anilines is 1. The minimum absolute atomic E-state index is 0.206. The largest absolute Gasteiger partial charge is 0.298 e. The fourth-order valence-corrected chi connectivity index (χ4v) is 3.75. The van der Waals surface area contributed by atoms with E-state index in [1.807, 2.05) is 12.1 Å². The molecule has 116 valence electrons. The number of hydrogen-bond acceptors (Lipinski definition) is 6. The predicted octanol–water partition coefficient (Wildman–Crippen LogP) is 2.25. The summed E-state index contributed by atoms with van der Waals surface area (Å²) in [5.74, 6) is -0.206. The Morgan fingerprint density at radius 2 is 2.09 bits per heavy atom. The van der Waals surface area contributed by atoms with Crippen molar-refractivity contribution < 1.29 is 4.79 Å². The zero-order chi connectivity index (χ0) is 15.6. The van der Waals surface area contributed by atoms with Crippen molar-refractivity contribution in [2.45, 2.75) is 25.7 Å². The highest BCUT2D eigenvalue weighted by molar-refractivity contribution is 7.15. The fraction of sp³-hybridized carbons (Fsp3) is 0.267. The molecule has 23 heavy (non-hydrogen) atoms. The van der Waals surface area contributed by atoms with Crippen LogP contribution < -0.4 is 5.32 Å². The van der Waals surface area contributed by atoms with Gasteiger partial charge in [-0.25, -0.2) is 4.98 Å². The molecule has 2 heterocycles. The minimum Gasteiger partial charge on any atom is -0.298 e. The summed E-state index contributed by atoms with van der Waals surface area (Å²) in [6.45, 7) is 0. The predicted molar refractivity (Wildman–Crippen MR) is 85.9 cm³/mol. The van der Waals surface area contributed by atoms with Crippen LogP contribution in [0.5, 0.6) is 0 Å². The molecule has 0 radical (unpaired) electrons. The zero-order valence-corrected chi connectivity index (χ0v) is 13.1. The Kier molecular flexibility index (Phi) is 3.58. The van der Waals surface area contributed by atoms with E-state index in [1.165, 1.54) is 28.7 Å². The van der Waals surface area contributed by atoms with Gasteiger partial charge in [0.15, 0.2) is 5.13 Å². The van der Waals surface area contributed by atoms with Crippen molar-refractivity contribution in [3.63, 3.8) is 0 Å². The van der Waals surface area contributed by atoms with Gasteiger partial charge in [-0.15, -0.1) is 16.4 Å². The molecule has 3 aromatic rings. The minimum atomic E-state index is -0.206. The molecule has 4 rings (SSSR count). The van der Waals surface area contributed by atoms with Crippen molar-refractivity contribution >= 4 is 22.4 Å². The van der Waals surface area contributed by atoms with Gasteiger partial charge >= 0.3 is 0 Å². The molecule has 0 unspecified atom stereocenters. The van der Waals surface area contributed by atoms with E-state index in [-0.39, 0.29) is 5.91 Å². The summed E-state index contributed by atoms with van der Waals surface area (Å²) in [6, 6.07) is 7.21. The van der Waals surface area contributed by atoms with Gasteiger partial charge in [0, 0.05) is 4.88 Å². The molecule has 0 aliphatic heterocycles. The number of aryl methyl sites for hydroxylation is 2. The Bertz CT molecular complexity index is 818. The summed E-state index contributed by atoms with van der Waals surface area (Å²) in [5, 5.41) is 14.7. The molecular weight excluding hydrogens is 312 g/mol. The van der Waals surface area contributed by atoms with Crippen LogP contribution in [0.15, 0.2) is 30.6 Å². The van der Waals surface area contributed by atoms with Crippen molar-refractivity contribution in [3.8, 4) is 5.69 Å². The lowest BCUT2D eigenvalue weighted by molar-refractivity contribution is 0.102. The topological polar surface area (TPSA) is 85.6 Å². The van der Waals surface area contributed by atoms with Crippen LogP contribution in [-0.2, 0) is 12.8 Å². The lowest BCUT2D eigenvalue weighted by atomic mass is 10.0. The summed E-state index contributed by atoms with van der Waals surface area (Å²) in [7, 11) is 0. The molecule has 0 saturated carbocycles. The average molecular weight is 326 g/mol. The third kappa shape index (κ3) is 2.72. The number of rotatable bonds is 3. The van der Waals surface area contributed by atoms with E-state index in [0.717, 1.165) is 18.5 Å². The van der Waals surface area contributed by atoms with Gasteiger partial charge in [-0.1, -0.05) is 12.1 Å². The second-order valence-corrected chi connectivity index (χ2v) is 6.41. The summed E-state index contributed by atoms with van der Waals surface area (Å²) >= 11 is 1.57. The molecule has 0 bridgehead atoms. The Balaban J connectivity index is 1.61. The molecular formula is C15H14N6OS. The number of para-hydroxylation sites is 1. The maximum Gasteiger partial charge on any atom is 0.259 e. The Morgan fingerprint density at radius 1 is 1.22 bits per heavy atom. The van der Waals surface area contributed by atoms with Crippen molar-refractivity contribution in [2.75, 3.05) is 5.32 Å². The number of aromatic nitrogens is 5. The van der Waals surface area contributed by atoms with E-state index in [1.54, 1.807) is 23.5 Å². The van der Waals surface area contributed by atoms with Crippen LogP contribution in [0.25, 0.3) is 5.69 Å². The number of benzene rings is 1. The number of nitrogens with one attached hydrogen (secondary N) is 1. The van der Waals surface area contributed by atoms with Crippen LogP contribution in [0.1, 0.15) is 33.8 Å². The molecule has 0 saturated heterocycles. The normalized spacial score (nSPS) is 13.6. The highest BCUT2D eigenvalue weighted by Crippen LogP contribution is 2.30. The number of tetrazole rings is 1. The number of hydrogen-bond donors (Lipinski definition) is 1. The number of nitrogens with zero attached hydrogens (tertiary/aromatic N) is 5. The van der Waals surface area contributed by atoms with Crippen LogP contribution in [0.3, 0.4) is 0 Å². The van der Waals surface area contributed by atoms with Crippen LogP contribution in [-0.4, -0.2) is 31.1 Å². The van der Waals surface area contributed by atoms with Crippen LogP contribution in [0.4, 0.5) is 5.13 Å². The Morgan fingerprint density at radius 3 is 2.91 bits per heavy atom. The quantitative estimate of drug-likeness (QED) is 0.798. The molecule has 1 aliphatic rings. The van der Waals surface area contributed by atoms with E-state index in [4.69, 9.17) is 0 Å². The smallest absolute Gasteiger partial charge is 0.259 e. The van der Waals surface area contributed by atoms with Crippen LogP contribution in [0.2, 0.25) is 0 Å². The Labute approximate surface area is 136 Å². The molecule has 0 spiro atoms. The van der Waals surface area contributed by atoms with Crippen molar-refractivity contribution in [2.24, 2.45) is 0 Å². The maximum atomic E-state index is 12.6. The molecule has 0 fully saturated rings. The van der Waals surface area contributed by atoms with Gasteiger partial charge in [0.25, 0.3) is 5.91 Å². The van der Waals surface area contributed by atoms with Crippen LogP contribution >= 0.6 is 11.3 Å². The molecule has 7 nitrogen and oxygen atoms in total. The van der Waals surface area contributed by atoms with Gasteiger partial charge in [-0.3, -0.25) is 10.1 Å². The fourth-order valence-electron chi connectivity index (χ4n) is 2.71. The first kappa shape index (κ1) is 14.0. The number of thiazole rings is 1. The van der Waals surface area contributed by atoms with E-state index >= 15 is 0 Å². The zero-order valence-electron chi connectivity index (χ0n) is 12.3. The highest BCUT2D eigenvalue weighted by Gasteiger charge is 2.18. The second kappa shape index (κ2) is 5.88. The summed E-state index contributed by atoms with van der Waals surface area (Å²) in [6.07, 6.45) is 5.90. The van der Waals surface area contributed by atoms with Gasteiger partial charge in [-0.2, -0.15) is 4.68 Å². The van der Waals surface area contributed by atoms with Crippen molar-refractivity contribution in [3.05, 3.63) is 46.7 Å². The first-order valence-corrected chi connectivity index (χ1v) is 8.25. The van der Waals surface area contributed by atoms with E-state index in [9.17, 15) is 4.79 Å². The monoisotopic (exact) mass is 326 g/mol. The number of fused-ring (bicyclic) bond motifs is 1. The van der Waals surface area contributed by atoms with Gasteiger partial charge < -0.3 is 0 Å². The lowest BCUT2D eigenvalue weighted by Gasteiger charge is -2.07. The first-order valence-electron chi connectivity index (χ1n) is 7.43. The Hall–Kier alpha value is -2.61. The number of carbonyl (C=O) groups is 1. The van der Waals surface area contributed by atoms with E-state index in [2.05, 4.69) is 25.8 Å². The number of carbonyl (C=O) groups excluding carboxylic acids is 1. The summed E-state index contributed by atoms with van der Waals surface area (Å²) < 4.78 is 1.47. The third-order valence-electron chi connectivity index (χ3n) is 3.81. The molecule has 1 N–H and O–H groups in total. The van der Waals surface area contributed by atoms with Gasteiger partial charge in [0.05, 0.1) is 16.9 Å². The molecule has 0 atom stereocenters. The SMILES string of the molecule is O=C(Nc1nc2c(s1)CCCC2)c1ccccc1-n1cnnn1. The highest BCUT2D eigenvalue weighted by atomic mass is 32.1. The van der Waals surface area contributed by atoms with Gasteiger partial charge in [-0.05, 0) is 48.2 Å². The molecule has 1 aromatic carbocycles. The molecule has 8 heteroatoms. The second-order valence-electron chi connectivity index (χ2n) is 5.32. The van der Waals surface area contributed by atoms with E-state index < -0.39 is 0 Å². The standard InChI is InChI=1S/C15H14N6OS/c22-14(18-15-17-11-6-2-4-8-13(11)23-15)10-5-1-3-7-12(10)21-9-16-19-20-21/h1,3,5,7,9H,2,4,6,8H2,(H,17,18,22). The van der Waals surface area contributed by atoms with E-state index in [0.29, 0.717) is 16.4 Å². The molecule has 1 aliphatic carbocycles. The first-order chi connectivity index (χ1) is 11.3. The molecule has 1 amide bonds. The average Bonchev–Trinajstić information content (AvgIpc) is 3.24. The molecule has 2 aromatic heterocycles. The van der Waals surface area contributed by atoms with Crippen molar-refractivity contribution in [1.82, 2.24) is 25.2 Å². The van der Waals surface area contributed by atoms with Gasteiger partial charge in [0.1, 0.15) is 6.33 Å². The summed E-state index contributed by atoms with van der Waals surface area (Å²) in [4.78, 5) is 18.5. The third-order valence-corrected chi connectivity index (χ3v) is 4.88. The number of amides is 1. The van der Waals surface area contributed by atoms with Crippen molar-refractivity contribution in [1.29, 1.82) is 0 Å². The van der Waals surface area contributed by atoms with Gasteiger partial charge in [0.2, 0.25) is 0 Å². The van der Waals surface area contributed by atoms with Crippen LogP contribution in [0, 0.1) is 0 Å². The maximum absolute atomic E-state index is 12.6. The lowest BCUT2D eigenvalue weighted by Crippen LogP contribution is -2.15.